The Balaban J connectivity index is 1.50. The molecule has 41 heavy (non-hydrogen) atoms. The number of aryl methyl sites for hydroxylation is 2. The molecule has 3 aromatic rings. The lowest BCUT2D eigenvalue weighted by molar-refractivity contribution is -0.135. The van der Waals surface area contributed by atoms with Gasteiger partial charge < -0.3 is 19.1 Å². The number of carbonyl (C=O) groups is 3. The zero-order valence-corrected chi connectivity index (χ0v) is 23.1. The maximum absolute atomic E-state index is 13.9. The lowest BCUT2D eigenvalue weighted by Crippen LogP contribution is -2.32. The topological polar surface area (TPSA) is 112 Å². The van der Waals surface area contributed by atoms with E-state index in [1.807, 2.05) is 30.3 Å². The van der Waals surface area contributed by atoms with E-state index in [-0.39, 0.29) is 40.4 Å². The van der Waals surface area contributed by atoms with Crippen LogP contribution in [0, 0.1) is 0 Å². The van der Waals surface area contributed by atoms with Gasteiger partial charge in [-0.1, -0.05) is 30.4 Å². The number of cyclic esters (lactones) is 1. The summed E-state index contributed by atoms with van der Waals surface area (Å²) in [6, 6.07) is 9.32. The van der Waals surface area contributed by atoms with Crippen molar-refractivity contribution in [2.24, 2.45) is 0 Å². The van der Waals surface area contributed by atoms with Gasteiger partial charge in [0.25, 0.3) is 5.56 Å². The number of allylic oxidation sites excluding steroid dienone is 1. The molecular weight excluding hydrogens is 522 g/mol. The molecule has 4 heterocycles. The minimum absolute atomic E-state index is 0.0209. The van der Waals surface area contributed by atoms with Crippen LogP contribution in [0.1, 0.15) is 96.8 Å². The number of ketones is 1. The van der Waals surface area contributed by atoms with Gasteiger partial charge in [0.15, 0.2) is 0 Å². The van der Waals surface area contributed by atoms with E-state index < -0.39 is 24.0 Å². The Morgan fingerprint density at radius 3 is 2.68 bits per heavy atom. The fourth-order valence-corrected chi connectivity index (χ4v) is 6.42. The first-order valence-corrected chi connectivity index (χ1v) is 14.5. The Labute approximate surface area is 237 Å². The first kappa shape index (κ1) is 27.0. The predicted octanol–water partition coefficient (Wildman–Crippen LogP) is 5.58. The number of Topliss-reactive ketones (excluding diaryl/α,β-unsaturated/α-hetero) is 1. The van der Waals surface area contributed by atoms with Crippen molar-refractivity contribution >= 4 is 34.7 Å². The van der Waals surface area contributed by atoms with Crippen LogP contribution in [0.25, 0.3) is 17.0 Å². The van der Waals surface area contributed by atoms with Gasteiger partial charge in [-0.25, -0.2) is 4.79 Å². The molecule has 0 saturated carbocycles. The second-order valence-corrected chi connectivity index (χ2v) is 11.3. The summed E-state index contributed by atoms with van der Waals surface area (Å²) in [6.45, 7) is 2.33. The van der Waals surface area contributed by atoms with Crippen LogP contribution in [0.15, 0.2) is 41.2 Å². The Hall–Kier alpha value is -4.20. The first-order chi connectivity index (χ1) is 19.8. The van der Waals surface area contributed by atoms with Crippen LogP contribution in [-0.4, -0.2) is 33.5 Å². The van der Waals surface area contributed by atoms with Gasteiger partial charge in [-0.3, -0.25) is 14.4 Å². The van der Waals surface area contributed by atoms with Crippen molar-refractivity contribution in [1.82, 2.24) is 4.57 Å². The van der Waals surface area contributed by atoms with Crippen LogP contribution in [0.3, 0.4) is 0 Å². The number of rotatable bonds is 1. The molecule has 0 saturated heterocycles. The average Bonchev–Trinajstić information content (AvgIpc) is 2.93. The molecule has 0 aliphatic carbocycles. The zero-order valence-electron chi connectivity index (χ0n) is 23.1. The van der Waals surface area contributed by atoms with Crippen LogP contribution in [-0.2, 0) is 27.3 Å². The fourth-order valence-electron chi connectivity index (χ4n) is 6.42. The van der Waals surface area contributed by atoms with Crippen molar-refractivity contribution in [2.45, 2.75) is 83.3 Å². The molecule has 2 atom stereocenters. The highest BCUT2D eigenvalue weighted by Gasteiger charge is 2.37. The molecule has 6 rings (SSSR count). The van der Waals surface area contributed by atoms with Gasteiger partial charge in [-0.15, -0.1) is 0 Å². The van der Waals surface area contributed by atoms with Crippen molar-refractivity contribution in [3.8, 4) is 11.5 Å². The van der Waals surface area contributed by atoms with Gasteiger partial charge in [0.2, 0.25) is 0 Å². The molecule has 1 aromatic heterocycles. The number of para-hydroxylation sites is 1. The number of ether oxygens (including phenoxy) is 2. The van der Waals surface area contributed by atoms with Crippen molar-refractivity contribution in [3.05, 3.63) is 74.6 Å². The lowest BCUT2D eigenvalue weighted by Gasteiger charge is -2.28. The summed E-state index contributed by atoms with van der Waals surface area (Å²) in [4.78, 5) is 52.3. The number of hydrogen-bond acceptors (Lipinski definition) is 7. The minimum Gasteiger partial charge on any atom is -0.507 e. The van der Waals surface area contributed by atoms with Crippen LogP contribution in [0.2, 0.25) is 0 Å². The molecule has 2 aromatic carbocycles. The number of nitrogens with zero attached hydrogens (tertiary/aromatic N) is 1. The van der Waals surface area contributed by atoms with Gasteiger partial charge in [0.1, 0.15) is 22.8 Å². The van der Waals surface area contributed by atoms with Crippen LogP contribution < -0.4 is 10.3 Å². The third-order valence-electron chi connectivity index (χ3n) is 8.41. The van der Waals surface area contributed by atoms with Crippen molar-refractivity contribution < 1.29 is 29.0 Å². The van der Waals surface area contributed by atoms with Crippen molar-refractivity contribution in [1.29, 1.82) is 0 Å². The number of carbonyl (C=O) groups excluding carboxylic acids is 3. The summed E-state index contributed by atoms with van der Waals surface area (Å²) < 4.78 is 13.1. The Morgan fingerprint density at radius 1 is 1.00 bits per heavy atom. The number of aromatic nitrogens is 1. The summed E-state index contributed by atoms with van der Waals surface area (Å²) in [6.07, 6.45) is 7.97. The Kier molecular flexibility index (Phi) is 7.24. The van der Waals surface area contributed by atoms with E-state index in [9.17, 15) is 24.3 Å². The van der Waals surface area contributed by atoms with Crippen molar-refractivity contribution in [2.75, 3.05) is 0 Å². The van der Waals surface area contributed by atoms with E-state index in [1.54, 1.807) is 23.6 Å². The molecule has 8 heteroatoms. The van der Waals surface area contributed by atoms with Gasteiger partial charge in [0, 0.05) is 36.4 Å². The Bertz CT molecular complexity index is 1660. The fraction of sp³-hybridized carbons (Fsp3) is 0.394. The third kappa shape index (κ3) is 5.07. The molecule has 0 spiro atoms. The minimum atomic E-state index is -0.795. The largest absolute Gasteiger partial charge is 0.507 e. The molecule has 3 aliphatic rings. The highest BCUT2D eigenvalue weighted by Crippen LogP contribution is 2.47. The summed E-state index contributed by atoms with van der Waals surface area (Å²) in [7, 11) is 0. The number of pyridine rings is 1. The molecule has 2 unspecified atom stereocenters. The highest BCUT2D eigenvalue weighted by atomic mass is 16.5. The van der Waals surface area contributed by atoms with Crippen LogP contribution in [0.4, 0.5) is 0 Å². The second kappa shape index (κ2) is 11.0. The monoisotopic (exact) mass is 555 g/mol. The first-order valence-electron chi connectivity index (χ1n) is 14.5. The maximum atomic E-state index is 13.9. The van der Waals surface area contributed by atoms with E-state index in [2.05, 4.69) is 0 Å². The number of phenols is 1. The van der Waals surface area contributed by atoms with E-state index >= 15 is 0 Å². The quantitative estimate of drug-likeness (QED) is 0.308. The van der Waals surface area contributed by atoms with E-state index in [1.165, 1.54) is 0 Å². The van der Waals surface area contributed by atoms with Crippen LogP contribution in [0.5, 0.6) is 11.5 Å². The molecule has 8 nitrogen and oxygen atoms in total. The van der Waals surface area contributed by atoms with Gasteiger partial charge in [-0.05, 0) is 74.1 Å². The average molecular weight is 556 g/mol. The molecule has 0 amide bonds. The molecule has 0 radical (unpaired) electrons. The van der Waals surface area contributed by atoms with Gasteiger partial charge in [0.05, 0.1) is 18.0 Å². The van der Waals surface area contributed by atoms with E-state index in [0.29, 0.717) is 56.2 Å². The molecular formula is C33H33NO7. The molecule has 0 fully saturated rings. The molecule has 212 valence electrons. The predicted molar refractivity (Wildman–Crippen MR) is 153 cm³/mol. The van der Waals surface area contributed by atoms with E-state index in [0.717, 1.165) is 29.3 Å². The number of aromatic hydroxyl groups is 1. The maximum Gasteiger partial charge on any atom is 0.342 e. The molecule has 3 aliphatic heterocycles. The third-order valence-corrected chi connectivity index (χ3v) is 8.41. The van der Waals surface area contributed by atoms with Crippen molar-refractivity contribution in [3.63, 3.8) is 0 Å². The number of esters is 2. The second-order valence-electron chi connectivity index (χ2n) is 11.3. The zero-order chi connectivity index (χ0) is 28.7. The highest BCUT2D eigenvalue weighted by molar-refractivity contribution is 5.99. The number of fused-ring (bicyclic) bond motifs is 2. The Morgan fingerprint density at radius 2 is 1.83 bits per heavy atom. The summed E-state index contributed by atoms with van der Waals surface area (Å²) >= 11 is 0. The van der Waals surface area contributed by atoms with Gasteiger partial charge in [-0.2, -0.15) is 0 Å². The molecule has 1 N–H and O–H groups in total. The number of phenolic OH excluding ortho intramolecular Hbond substituents is 1. The van der Waals surface area contributed by atoms with Gasteiger partial charge >= 0.3 is 11.9 Å². The smallest absolute Gasteiger partial charge is 0.342 e. The number of benzene rings is 2. The standard InChI is InChI=1S/C33H33NO7/c1-19-8-5-14-23(35)13-4-2-3-9-21-17-26-29(31(37)28(21)33(39)40-19)24(18-27(36)41-26)25-16-22-11-6-10-20-12-7-15-34(30(20)22)32(25)38/h3,6,9-11,16-17,19,24,37H,2,4-5,7-8,12-15,18H2,1H3/b9-3+. The lowest BCUT2D eigenvalue weighted by atomic mass is 9.83. The normalized spacial score (nSPS) is 22.2. The molecule has 0 bridgehead atoms. The summed E-state index contributed by atoms with van der Waals surface area (Å²) in [5, 5.41) is 12.6. The number of hydrogen-bond donors (Lipinski definition) is 1. The van der Waals surface area contributed by atoms with E-state index in [4.69, 9.17) is 9.47 Å². The summed E-state index contributed by atoms with van der Waals surface area (Å²) in [5.74, 6) is -2.05. The van der Waals surface area contributed by atoms with Crippen LogP contribution >= 0.6 is 0 Å². The summed E-state index contributed by atoms with van der Waals surface area (Å²) in [5.41, 5.74) is 2.77. The SMILES string of the molecule is CC1CCCC(=O)CCC/C=C/c2cc3c(c(O)c2C(=O)O1)C(c1cc2cccc4c2n(c1=O)CCC4)CC(=O)O3.